The Bertz CT molecular complexity index is 461. The summed E-state index contributed by atoms with van der Waals surface area (Å²) in [7, 11) is 0. The number of hydrogen-bond donors (Lipinski definition) is 2. The van der Waals surface area contributed by atoms with Gasteiger partial charge in [-0.1, -0.05) is 15.9 Å². The largest absolute Gasteiger partial charge is 0.478 e. The van der Waals surface area contributed by atoms with Gasteiger partial charge in [-0.05, 0) is 18.2 Å². The first-order chi connectivity index (χ1) is 7.59. The second-order valence-electron chi connectivity index (χ2n) is 3.35. The molecule has 0 saturated carbocycles. The van der Waals surface area contributed by atoms with E-state index in [2.05, 4.69) is 21.2 Å². The van der Waals surface area contributed by atoms with Crippen molar-refractivity contribution in [3.05, 3.63) is 28.2 Å². The Morgan fingerprint density at radius 3 is 2.81 bits per heavy atom. The summed E-state index contributed by atoms with van der Waals surface area (Å²) in [5, 5.41) is 11.7. The third-order valence-corrected chi connectivity index (χ3v) is 2.83. The second kappa shape index (κ2) is 4.13. The number of hydrogen-bond acceptors (Lipinski definition) is 2. The van der Waals surface area contributed by atoms with Gasteiger partial charge in [-0.25, -0.2) is 9.59 Å². The zero-order chi connectivity index (χ0) is 11.7. The summed E-state index contributed by atoms with van der Waals surface area (Å²) in [6, 6.07) is 4.49. The summed E-state index contributed by atoms with van der Waals surface area (Å²) >= 11 is 3.26. The minimum absolute atomic E-state index is 0.125. The van der Waals surface area contributed by atoms with Crippen molar-refractivity contribution in [1.82, 2.24) is 5.32 Å². The van der Waals surface area contributed by atoms with Crippen molar-refractivity contribution >= 4 is 33.6 Å². The second-order valence-corrected chi connectivity index (χ2v) is 4.27. The maximum Gasteiger partial charge on any atom is 0.337 e. The number of aromatic carboxylic acids is 1. The summed E-state index contributed by atoms with van der Waals surface area (Å²) in [6.45, 7) is 1.01. The summed E-state index contributed by atoms with van der Waals surface area (Å²) < 4.78 is 0.743. The molecule has 5 nitrogen and oxygen atoms in total. The number of carboxylic acids is 1. The van der Waals surface area contributed by atoms with E-state index in [1.165, 1.54) is 11.0 Å². The molecule has 2 N–H and O–H groups in total. The molecule has 1 aromatic rings. The van der Waals surface area contributed by atoms with E-state index in [1.807, 2.05) is 0 Å². The van der Waals surface area contributed by atoms with Crippen LogP contribution in [0.25, 0.3) is 0 Å². The van der Waals surface area contributed by atoms with Gasteiger partial charge in [0.15, 0.2) is 0 Å². The van der Waals surface area contributed by atoms with E-state index in [0.717, 1.165) is 4.47 Å². The van der Waals surface area contributed by atoms with Gasteiger partial charge in [0.05, 0.1) is 11.3 Å². The Balaban J connectivity index is 2.48. The molecule has 0 aliphatic carbocycles. The molecule has 0 aromatic heterocycles. The van der Waals surface area contributed by atoms with Crippen molar-refractivity contribution in [2.75, 3.05) is 18.0 Å². The lowest BCUT2D eigenvalue weighted by atomic mass is 10.1. The van der Waals surface area contributed by atoms with E-state index in [9.17, 15) is 9.59 Å². The molecular formula is C10H9BrN2O3. The monoisotopic (exact) mass is 284 g/mol. The predicted octanol–water partition coefficient (Wildman–Crippen LogP) is 1.68. The average molecular weight is 285 g/mol. The Hall–Kier alpha value is -1.56. The summed E-state index contributed by atoms with van der Waals surface area (Å²) in [5.41, 5.74) is 0.539. The van der Waals surface area contributed by atoms with Crippen LogP contribution in [0.1, 0.15) is 10.4 Å². The quantitative estimate of drug-likeness (QED) is 0.868. The van der Waals surface area contributed by atoms with Crippen LogP contribution in [-0.4, -0.2) is 30.2 Å². The molecule has 6 heteroatoms. The highest BCUT2D eigenvalue weighted by Crippen LogP contribution is 2.26. The molecule has 0 radical (unpaired) electrons. The molecule has 0 unspecified atom stereocenters. The Morgan fingerprint density at radius 1 is 1.50 bits per heavy atom. The molecule has 2 rings (SSSR count). The van der Waals surface area contributed by atoms with E-state index >= 15 is 0 Å². The highest BCUT2D eigenvalue weighted by atomic mass is 79.9. The molecule has 1 heterocycles. The standard InChI is InChI=1S/C10H9BrN2O3/c11-6-1-2-7(9(14)15)8(5-6)13-4-3-12-10(13)16/h1-2,5H,3-4H2,(H,12,16)(H,14,15). The summed E-state index contributed by atoms with van der Waals surface area (Å²) in [4.78, 5) is 23.9. The number of carboxylic acid groups (broad SMARTS) is 1. The molecule has 1 saturated heterocycles. The van der Waals surface area contributed by atoms with Crippen LogP contribution in [0.2, 0.25) is 0 Å². The first-order valence-electron chi connectivity index (χ1n) is 4.68. The Kier molecular flexibility index (Phi) is 2.82. The number of benzene rings is 1. The van der Waals surface area contributed by atoms with Crippen LogP contribution in [0.4, 0.5) is 10.5 Å². The first-order valence-corrected chi connectivity index (χ1v) is 5.47. The van der Waals surface area contributed by atoms with Crippen molar-refractivity contribution in [3.63, 3.8) is 0 Å². The SMILES string of the molecule is O=C(O)c1ccc(Br)cc1N1CCNC1=O. The fraction of sp³-hybridized carbons (Fsp3) is 0.200. The van der Waals surface area contributed by atoms with Crippen LogP contribution in [-0.2, 0) is 0 Å². The summed E-state index contributed by atoms with van der Waals surface area (Å²) in [6.07, 6.45) is 0. The normalized spacial score (nSPS) is 15.1. The number of nitrogens with zero attached hydrogens (tertiary/aromatic N) is 1. The highest BCUT2D eigenvalue weighted by Gasteiger charge is 2.25. The van der Waals surface area contributed by atoms with Crippen LogP contribution in [0.15, 0.2) is 22.7 Å². The predicted molar refractivity (Wildman–Crippen MR) is 61.8 cm³/mol. The number of halogens is 1. The van der Waals surface area contributed by atoms with Crippen molar-refractivity contribution in [1.29, 1.82) is 0 Å². The Morgan fingerprint density at radius 2 is 2.25 bits per heavy atom. The van der Waals surface area contributed by atoms with Gasteiger partial charge in [0.2, 0.25) is 0 Å². The van der Waals surface area contributed by atoms with Gasteiger partial charge < -0.3 is 10.4 Å². The van der Waals surface area contributed by atoms with E-state index in [1.54, 1.807) is 12.1 Å². The third-order valence-electron chi connectivity index (χ3n) is 2.34. The lowest BCUT2D eigenvalue weighted by molar-refractivity contribution is 0.0697. The molecule has 0 atom stereocenters. The molecule has 0 bridgehead atoms. The van der Waals surface area contributed by atoms with Gasteiger partial charge in [0, 0.05) is 17.6 Å². The van der Waals surface area contributed by atoms with Gasteiger partial charge in [0.25, 0.3) is 0 Å². The molecule has 1 fully saturated rings. The number of rotatable bonds is 2. The smallest absolute Gasteiger partial charge is 0.337 e. The number of urea groups is 1. The molecule has 1 aromatic carbocycles. The van der Waals surface area contributed by atoms with Crippen LogP contribution >= 0.6 is 15.9 Å². The molecule has 1 aliphatic rings. The average Bonchev–Trinajstić information content (AvgIpc) is 2.63. The summed E-state index contributed by atoms with van der Waals surface area (Å²) in [5.74, 6) is -1.04. The zero-order valence-corrected chi connectivity index (χ0v) is 9.82. The topological polar surface area (TPSA) is 69.6 Å². The first kappa shape index (κ1) is 10.9. The lowest BCUT2D eigenvalue weighted by Gasteiger charge is -2.16. The van der Waals surface area contributed by atoms with Gasteiger partial charge in [-0.3, -0.25) is 4.90 Å². The fourth-order valence-electron chi connectivity index (χ4n) is 1.61. The van der Waals surface area contributed by atoms with E-state index in [-0.39, 0.29) is 11.6 Å². The maximum atomic E-state index is 11.5. The number of carbonyl (C=O) groups is 2. The number of amides is 2. The molecule has 84 valence electrons. The fourth-order valence-corrected chi connectivity index (χ4v) is 1.96. The van der Waals surface area contributed by atoms with Crippen molar-refractivity contribution in [3.8, 4) is 0 Å². The zero-order valence-electron chi connectivity index (χ0n) is 8.24. The lowest BCUT2D eigenvalue weighted by Crippen LogP contribution is -2.29. The third kappa shape index (κ3) is 1.88. The van der Waals surface area contributed by atoms with E-state index in [4.69, 9.17) is 5.11 Å². The number of anilines is 1. The van der Waals surface area contributed by atoms with Gasteiger partial charge in [0.1, 0.15) is 0 Å². The van der Waals surface area contributed by atoms with Crippen LogP contribution in [0.5, 0.6) is 0 Å². The molecule has 2 amide bonds. The minimum atomic E-state index is -1.04. The number of nitrogens with one attached hydrogen (secondary N) is 1. The van der Waals surface area contributed by atoms with Gasteiger partial charge >= 0.3 is 12.0 Å². The number of carbonyl (C=O) groups excluding carboxylic acids is 1. The van der Waals surface area contributed by atoms with Crippen LogP contribution in [0, 0.1) is 0 Å². The maximum absolute atomic E-state index is 11.5. The molecule has 1 aliphatic heterocycles. The van der Waals surface area contributed by atoms with Gasteiger partial charge in [-0.15, -0.1) is 0 Å². The Labute approximate surface area is 100 Å². The van der Waals surface area contributed by atoms with Crippen molar-refractivity contribution in [2.24, 2.45) is 0 Å². The highest BCUT2D eigenvalue weighted by molar-refractivity contribution is 9.10. The van der Waals surface area contributed by atoms with Crippen molar-refractivity contribution < 1.29 is 14.7 Å². The van der Waals surface area contributed by atoms with Crippen LogP contribution in [0.3, 0.4) is 0 Å². The molecule has 16 heavy (non-hydrogen) atoms. The van der Waals surface area contributed by atoms with Crippen LogP contribution < -0.4 is 10.2 Å². The van der Waals surface area contributed by atoms with Crippen molar-refractivity contribution in [2.45, 2.75) is 0 Å². The minimum Gasteiger partial charge on any atom is -0.478 e. The molecular weight excluding hydrogens is 276 g/mol. The molecule has 0 spiro atoms. The van der Waals surface area contributed by atoms with E-state index in [0.29, 0.717) is 18.8 Å². The van der Waals surface area contributed by atoms with E-state index < -0.39 is 5.97 Å². The van der Waals surface area contributed by atoms with Gasteiger partial charge in [-0.2, -0.15) is 0 Å².